The van der Waals surface area contributed by atoms with E-state index >= 15 is 0 Å². The largest absolute Gasteiger partial charge is 0.508 e. The molecule has 1 aliphatic rings. The molecule has 0 unspecified atom stereocenters. The van der Waals surface area contributed by atoms with E-state index in [4.69, 9.17) is 4.42 Å². The van der Waals surface area contributed by atoms with E-state index in [2.05, 4.69) is 22.4 Å². The molecule has 4 nitrogen and oxygen atoms in total. The van der Waals surface area contributed by atoms with Crippen molar-refractivity contribution >= 4 is 22.3 Å². The van der Waals surface area contributed by atoms with Crippen LogP contribution in [0, 0.1) is 0 Å². The molecule has 2 aromatic heterocycles. The summed E-state index contributed by atoms with van der Waals surface area (Å²) < 4.78 is 5.21. The lowest BCUT2D eigenvalue weighted by atomic mass is 10.1. The van der Waals surface area contributed by atoms with Crippen LogP contribution in [0.4, 0.5) is 0 Å². The summed E-state index contributed by atoms with van der Waals surface area (Å²) in [7, 11) is 0. The molecular weight excluding hydrogens is 310 g/mol. The summed E-state index contributed by atoms with van der Waals surface area (Å²) in [5, 5.41) is 12.6. The molecule has 23 heavy (non-hydrogen) atoms. The van der Waals surface area contributed by atoms with Gasteiger partial charge >= 0.3 is 5.63 Å². The third-order valence-electron chi connectivity index (χ3n) is 4.42. The predicted molar refractivity (Wildman–Crippen MR) is 90.9 cm³/mol. The molecule has 0 saturated carbocycles. The number of hydrogen-bond acceptors (Lipinski definition) is 5. The third-order valence-corrected chi connectivity index (χ3v) is 5.40. The molecule has 0 bridgehead atoms. The maximum Gasteiger partial charge on any atom is 0.336 e. The summed E-state index contributed by atoms with van der Waals surface area (Å²) >= 11 is 1.79. The van der Waals surface area contributed by atoms with E-state index in [1.165, 1.54) is 17.4 Å². The Labute approximate surface area is 137 Å². The van der Waals surface area contributed by atoms with E-state index < -0.39 is 0 Å². The number of phenolic OH excluding ortho intramolecular Hbond substituents is 1. The van der Waals surface area contributed by atoms with E-state index in [0.29, 0.717) is 11.6 Å². The number of aromatic hydroxyl groups is 1. The third kappa shape index (κ3) is 2.78. The van der Waals surface area contributed by atoms with Crippen molar-refractivity contribution in [3.63, 3.8) is 0 Å². The average Bonchev–Trinajstić information content (AvgIpc) is 3.17. The molecule has 3 aromatic rings. The fourth-order valence-corrected chi connectivity index (χ4v) is 4.28. The van der Waals surface area contributed by atoms with Crippen LogP contribution in [0.25, 0.3) is 11.0 Å². The number of nitrogens with zero attached hydrogens (tertiary/aromatic N) is 1. The van der Waals surface area contributed by atoms with E-state index in [9.17, 15) is 9.90 Å². The lowest BCUT2D eigenvalue weighted by molar-refractivity contribution is 0.252. The minimum absolute atomic E-state index is 0.107. The van der Waals surface area contributed by atoms with Crippen LogP contribution in [0.1, 0.15) is 29.3 Å². The SMILES string of the molecule is O=c1cc(CN2CCC[C@H]2c2cccs2)c2ccc(O)cc2o1. The molecule has 3 heterocycles. The number of hydrogen-bond donors (Lipinski definition) is 1. The van der Waals surface area contributed by atoms with Gasteiger partial charge in [0.25, 0.3) is 0 Å². The summed E-state index contributed by atoms with van der Waals surface area (Å²) in [5.41, 5.74) is 1.03. The standard InChI is InChI=1S/C18H17NO3S/c20-13-5-6-14-12(9-18(21)22-16(14)10-13)11-19-7-1-3-15(19)17-4-2-8-23-17/h2,4-6,8-10,15,20H,1,3,7,11H2/t15-/m0/s1. The highest BCUT2D eigenvalue weighted by atomic mass is 32.1. The number of rotatable bonds is 3. The summed E-state index contributed by atoms with van der Waals surface area (Å²) in [4.78, 5) is 15.6. The van der Waals surface area contributed by atoms with Crippen molar-refractivity contribution in [1.82, 2.24) is 4.90 Å². The van der Waals surface area contributed by atoms with Crippen molar-refractivity contribution in [2.24, 2.45) is 0 Å². The van der Waals surface area contributed by atoms with Gasteiger partial charge in [0.1, 0.15) is 11.3 Å². The minimum Gasteiger partial charge on any atom is -0.508 e. The number of thiophene rings is 1. The molecule has 0 amide bonds. The first-order valence-electron chi connectivity index (χ1n) is 7.74. The molecule has 1 fully saturated rings. The number of likely N-dealkylation sites (tertiary alicyclic amines) is 1. The highest BCUT2D eigenvalue weighted by molar-refractivity contribution is 7.10. The van der Waals surface area contributed by atoms with Gasteiger partial charge in [0.2, 0.25) is 0 Å². The van der Waals surface area contributed by atoms with Crippen LogP contribution in [0.3, 0.4) is 0 Å². The van der Waals surface area contributed by atoms with Gasteiger partial charge in [-0.25, -0.2) is 4.79 Å². The lowest BCUT2D eigenvalue weighted by Gasteiger charge is -2.24. The van der Waals surface area contributed by atoms with Crippen molar-refractivity contribution in [3.05, 3.63) is 62.6 Å². The Morgan fingerprint density at radius 2 is 2.22 bits per heavy atom. The van der Waals surface area contributed by atoms with Crippen molar-refractivity contribution in [2.75, 3.05) is 6.54 Å². The van der Waals surface area contributed by atoms with Crippen LogP contribution in [-0.4, -0.2) is 16.6 Å². The number of fused-ring (bicyclic) bond motifs is 1. The van der Waals surface area contributed by atoms with Crippen LogP contribution in [0.15, 0.2) is 51.0 Å². The molecule has 1 aliphatic heterocycles. The van der Waals surface area contributed by atoms with Gasteiger partial charge in [-0.2, -0.15) is 0 Å². The van der Waals surface area contributed by atoms with Gasteiger partial charge in [0.05, 0.1) is 0 Å². The van der Waals surface area contributed by atoms with Gasteiger partial charge in [-0.05, 0) is 48.5 Å². The minimum atomic E-state index is -0.370. The molecule has 1 aromatic carbocycles. The number of phenols is 1. The first kappa shape index (κ1) is 14.5. The molecule has 1 saturated heterocycles. The topological polar surface area (TPSA) is 53.7 Å². The first-order chi connectivity index (χ1) is 11.2. The van der Waals surface area contributed by atoms with Crippen molar-refractivity contribution < 1.29 is 9.52 Å². The molecule has 0 aliphatic carbocycles. The summed E-state index contributed by atoms with van der Waals surface area (Å²) in [6, 6.07) is 11.2. The Hall–Kier alpha value is -2.11. The molecule has 4 rings (SSSR count). The second kappa shape index (κ2) is 5.83. The Morgan fingerprint density at radius 3 is 3.04 bits per heavy atom. The molecule has 1 N–H and O–H groups in total. The van der Waals surface area contributed by atoms with E-state index in [1.54, 1.807) is 23.5 Å². The summed E-state index contributed by atoms with van der Waals surface area (Å²) in [6.07, 6.45) is 2.32. The van der Waals surface area contributed by atoms with Gasteiger partial charge in [0.15, 0.2) is 0 Å². The maximum atomic E-state index is 11.8. The van der Waals surface area contributed by atoms with E-state index in [1.807, 2.05) is 6.07 Å². The zero-order chi connectivity index (χ0) is 15.8. The zero-order valence-electron chi connectivity index (χ0n) is 12.6. The molecule has 5 heteroatoms. The Bertz CT molecular complexity index is 885. The van der Waals surface area contributed by atoms with Gasteiger partial charge in [-0.3, -0.25) is 4.90 Å². The summed E-state index contributed by atoms with van der Waals surface area (Å²) in [6.45, 7) is 1.75. The lowest BCUT2D eigenvalue weighted by Crippen LogP contribution is -2.23. The first-order valence-corrected chi connectivity index (χ1v) is 8.62. The Morgan fingerprint density at radius 1 is 1.30 bits per heavy atom. The maximum absolute atomic E-state index is 11.8. The molecule has 1 atom stereocenters. The van der Waals surface area contributed by atoms with Crippen LogP contribution in [0.5, 0.6) is 5.75 Å². The van der Waals surface area contributed by atoms with E-state index in [-0.39, 0.29) is 11.4 Å². The van der Waals surface area contributed by atoms with Crippen LogP contribution >= 0.6 is 11.3 Å². The second-order valence-electron chi connectivity index (χ2n) is 5.92. The fraction of sp³-hybridized carbons (Fsp3) is 0.278. The quantitative estimate of drug-likeness (QED) is 0.741. The molecule has 118 valence electrons. The monoisotopic (exact) mass is 327 g/mol. The molecule has 0 spiro atoms. The second-order valence-corrected chi connectivity index (χ2v) is 6.89. The fourth-order valence-electron chi connectivity index (χ4n) is 3.39. The summed E-state index contributed by atoms with van der Waals surface area (Å²) in [5.74, 6) is 0.107. The van der Waals surface area contributed by atoms with Crippen molar-refractivity contribution in [2.45, 2.75) is 25.4 Å². The Balaban J connectivity index is 1.71. The normalized spacial score (nSPS) is 18.7. The van der Waals surface area contributed by atoms with Crippen LogP contribution in [0.2, 0.25) is 0 Å². The average molecular weight is 327 g/mol. The van der Waals surface area contributed by atoms with Crippen molar-refractivity contribution in [1.29, 1.82) is 0 Å². The molecule has 0 radical (unpaired) electrons. The Kier molecular flexibility index (Phi) is 3.67. The van der Waals surface area contributed by atoms with Gasteiger partial charge < -0.3 is 9.52 Å². The van der Waals surface area contributed by atoms with E-state index in [0.717, 1.165) is 30.5 Å². The highest BCUT2D eigenvalue weighted by Gasteiger charge is 2.27. The van der Waals surface area contributed by atoms with Gasteiger partial charge in [-0.1, -0.05) is 6.07 Å². The zero-order valence-corrected chi connectivity index (χ0v) is 13.4. The highest BCUT2D eigenvalue weighted by Crippen LogP contribution is 2.36. The smallest absolute Gasteiger partial charge is 0.336 e. The van der Waals surface area contributed by atoms with Crippen molar-refractivity contribution in [3.8, 4) is 5.75 Å². The predicted octanol–water partition coefficient (Wildman–Crippen LogP) is 3.90. The number of benzene rings is 1. The van der Waals surface area contributed by atoms with Crippen LogP contribution in [-0.2, 0) is 6.54 Å². The molecular formula is C18H17NO3S. The van der Waals surface area contributed by atoms with Gasteiger partial charge in [-0.15, -0.1) is 11.3 Å². The van der Waals surface area contributed by atoms with Gasteiger partial charge in [0, 0.05) is 35.0 Å². The van der Waals surface area contributed by atoms with Crippen LogP contribution < -0.4 is 5.63 Å².